The predicted molar refractivity (Wildman–Crippen MR) is 99.0 cm³/mol. The summed E-state index contributed by atoms with van der Waals surface area (Å²) in [6.45, 7) is 0.912. The molecule has 1 aliphatic rings. The molecule has 0 unspecified atom stereocenters. The van der Waals surface area contributed by atoms with E-state index in [1.165, 1.54) is 23.9 Å². The van der Waals surface area contributed by atoms with Crippen LogP contribution in [0.5, 0.6) is 5.75 Å². The van der Waals surface area contributed by atoms with E-state index in [4.69, 9.17) is 15.6 Å². The molecule has 5 N–H and O–H groups in total. The Balaban J connectivity index is 1.65. The molecule has 0 bridgehead atoms. The van der Waals surface area contributed by atoms with Crippen LogP contribution in [0.3, 0.4) is 0 Å². The van der Waals surface area contributed by atoms with Crippen molar-refractivity contribution in [3.05, 3.63) is 24.3 Å². The number of hydrogen-bond donors (Lipinski definition) is 3. The zero-order valence-electron chi connectivity index (χ0n) is 14.1. The van der Waals surface area contributed by atoms with Gasteiger partial charge >= 0.3 is 0 Å². The smallest absolute Gasteiger partial charge is 0.238 e. The van der Waals surface area contributed by atoms with Crippen LogP contribution in [0.1, 0.15) is 25.7 Å². The number of thioether (sulfide) groups is 1. The van der Waals surface area contributed by atoms with Crippen molar-refractivity contribution in [1.82, 2.24) is 5.32 Å². The van der Waals surface area contributed by atoms with Crippen molar-refractivity contribution in [3.8, 4) is 5.75 Å². The second-order valence-electron chi connectivity index (χ2n) is 6.16. The summed E-state index contributed by atoms with van der Waals surface area (Å²) in [5.74, 6) is 1.59. The Morgan fingerprint density at radius 1 is 1.24 bits per heavy atom. The molecule has 2 rings (SSSR count). The number of nitrogens with one attached hydrogen (secondary N) is 1. The van der Waals surface area contributed by atoms with Crippen LogP contribution >= 0.6 is 11.8 Å². The average Bonchev–Trinajstić information content (AvgIpc) is 3.03. The van der Waals surface area contributed by atoms with Crippen molar-refractivity contribution in [1.29, 1.82) is 0 Å². The Kier molecular flexibility index (Phi) is 7.12. The van der Waals surface area contributed by atoms with Gasteiger partial charge in [-0.25, -0.2) is 13.6 Å². The second kappa shape index (κ2) is 8.88. The summed E-state index contributed by atoms with van der Waals surface area (Å²) in [7, 11) is -3.69. The number of primary sulfonamides is 1. The van der Waals surface area contributed by atoms with E-state index in [0.29, 0.717) is 30.4 Å². The Bertz CT molecular complexity index is 671. The van der Waals surface area contributed by atoms with Gasteiger partial charge in [-0.1, -0.05) is 12.8 Å². The van der Waals surface area contributed by atoms with Gasteiger partial charge in [0.05, 0.1) is 22.8 Å². The maximum atomic E-state index is 12.0. The summed E-state index contributed by atoms with van der Waals surface area (Å²) < 4.78 is 27.8. The van der Waals surface area contributed by atoms with Crippen LogP contribution in [0.2, 0.25) is 0 Å². The fourth-order valence-corrected chi connectivity index (χ4v) is 3.99. The zero-order valence-corrected chi connectivity index (χ0v) is 15.7. The molecule has 0 radical (unpaired) electrons. The van der Waals surface area contributed by atoms with Crippen molar-refractivity contribution in [2.45, 2.75) is 36.1 Å². The quantitative estimate of drug-likeness (QED) is 0.539. The van der Waals surface area contributed by atoms with Gasteiger partial charge in [0.1, 0.15) is 5.75 Å². The molecule has 1 amide bonds. The Morgan fingerprint density at radius 2 is 1.88 bits per heavy atom. The first-order valence-electron chi connectivity index (χ1n) is 8.19. The number of rotatable bonds is 9. The molecule has 0 aromatic heterocycles. The van der Waals surface area contributed by atoms with Gasteiger partial charge in [0.25, 0.3) is 0 Å². The molecule has 0 atom stereocenters. The second-order valence-corrected chi connectivity index (χ2v) is 8.82. The van der Waals surface area contributed by atoms with E-state index in [9.17, 15) is 13.2 Å². The van der Waals surface area contributed by atoms with E-state index in [1.54, 1.807) is 12.1 Å². The fraction of sp³-hybridized carbons (Fsp3) is 0.562. The molecular weight excluding hydrogens is 362 g/mol. The van der Waals surface area contributed by atoms with Gasteiger partial charge in [0.2, 0.25) is 15.9 Å². The minimum absolute atomic E-state index is 0.00913. The summed E-state index contributed by atoms with van der Waals surface area (Å²) in [6, 6.07) is 5.92. The Hall–Kier alpha value is -1.29. The molecule has 0 saturated heterocycles. The predicted octanol–water partition coefficient (Wildman–Crippen LogP) is 0.834. The summed E-state index contributed by atoms with van der Waals surface area (Å²) in [5, 5.41) is 8.11. The summed E-state index contributed by atoms with van der Waals surface area (Å²) in [4.78, 5) is 12.1. The zero-order chi connectivity index (χ0) is 18.3. The van der Waals surface area contributed by atoms with Crippen LogP contribution < -0.4 is 20.9 Å². The normalized spacial score (nSPS) is 16.6. The SMILES string of the molecule is NCC1(NC(=O)CSCCOc2ccc(S(N)(=O)=O)cc2)CCCC1. The highest BCUT2D eigenvalue weighted by molar-refractivity contribution is 7.99. The van der Waals surface area contributed by atoms with Crippen molar-refractivity contribution < 1.29 is 17.9 Å². The molecule has 25 heavy (non-hydrogen) atoms. The third-order valence-electron chi connectivity index (χ3n) is 4.24. The molecule has 1 aromatic carbocycles. The monoisotopic (exact) mass is 387 g/mol. The van der Waals surface area contributed by atoms with Crippen LogP contribution in [-0.2, 0) is 14.8 Å². The molecule has 9 heteroatoms. The van der Waals surface area contributed by atoms with Gasteiger partial charge in [-0.2, -0.15) is 0 Å². The van der Waals surface area contributed by atoms with Crippen LogP contribution in [0.25, 0.3) is 0 Å². The number of ether oxygens (including phenoxy) is 1. The number of amides is 1. The third kappa shape index (κ3) is 6.18. The number of sulfonamides is 1. The van der Waals surface area contributed by atoms with Crippen LogP contribution in [0.15, 0.2) is 29.2 Å². The summed E-state index contributed by atoms with van der Waals surface area (Å²) in [6.07, 6.45) is 4.14. The van der Waals surface area contributed by atoms with Crippen molar-refractivity contribution in [2.24, 2.45) is 10.9 Å². The maximum absolute atomic E-state index is 12.0. The molecule has 1 aliphatic carbocycles. The molecule has 1 fully saturated rings. The third-order valence-corrected chi connectivity index (χ3v) is 6.09. The first-order chi connectivity index (χ1) is 11.8. The minimum atomic E-state index is -3.69. The largest absolute Gasteiger partial charge is 0.493 e. The van der Waals surface area contributed by atoms with Gasteiger partial charge in [-0.05, 0) is 37.1 Å². The molecule has 1 aromatic rings. The first kappa shape index (κ1) is 20.0. The lowest BCUT2D eigenvalue weighted by Crippen LogP contribution is -2.52. The number of hydrogen-bond acceptors (Lipinski definition) is 6. The summed E-state index contributed by atoms with van der Waals surface area (Å²) in [5.41, 5.74) is 5.60. The van der Waals surface area contributed by atoms with Crippen LogP contribution in [-0.4, -0.2) is 44.5 Å². The topological polar surface area (TPSA) is 125 Å². The van der Waals surface area contributed by atoms with Gasteiger partial charge in [-0.3, -0.25) is 4.79 Å². The van der Waals surface area contributed by atoms with Crippen molar-refractivity contribution in [2.75, 3.05) is 24.7 Å². The van der Waals surface area contributed by atoms with Crippen LogP contribution in [0.4, 0.5) is 0 Å². The highest BCUT2D eigenvalue weighted by atomic mass is 32.2. The lowest BCUT2D eigenvalue weighted by molar-refractivity contribution is -0.120. The van der Waals surface area contributed by atoms with E-state index >= 15 is 0 Å². The minimum Gasteiger partial charge on any atom is -0.493 e. The number of nitrogens with two attached hydrogens (primary N) is 2. The van der Waals surface area contributed by atoms with E-state index in [2.05, 4.69) is 5.32 Å². The van der Waals surface area contributed by atoms with Gasteiger partial charge < -0.3 is 15.8 Å². The van der Waals surface area contributed by atoms with E-state index in [-0.39, 0.29) is 16.3 Å². The highest BCUT2D eigenvalue weighted by Gasteiger charge is 2.33. The lowest BCUT2D eigenvalue weighted by atomic mass is 9.98. The van der Waals surface area contributed by atoms with E-state index in [1.807, 2.05) is 0 Å². The van der Waals surface area contributed by atoms with Gasteiger partial charge in [0, 0.05) is 12.3 Å². The fourth-order valence-electron chi connectivity index (χ4n) is 2.87. The lowest BCUT2D eigenvalue weighted by Gasteiger charge is -2.28. The van der Waals surface area contributed by atoms with Gasteiger partial charge in [-0.15, -0.1) is 11.8 Å². The van der Waals surface area contributed by atoms with E-state index < -0.39 is 10.0 Å². The van der Waals surface area contributed by atoms with Gasteiger partial charge in [0.15, 0.2) is 0 Å². The number of benzene rings is 1. The molecule has 0 heterocycles. The molecule has 0 spiro atoms. The average molecular weight is 388 g/mol. The first-order valence-corrected chi connectivity index (χ1v) is 10.9. The highest BCUT2D eigenvalue weighted by Crippen LogP contribution is 2.28. The van der Waals surface area contributed by atoms with E-state index in [0.717, 1.165) is 25.7 Å². The molecular formula is C16H25N3O4S2. The number of carbonyl (C=O) groups is 1. The maximum Gasteiger partial charge on any atom is 0.238 e. The number of carbonyl (C=O) groups excluding carboxylic acids is 1. The Labute approximate surface area is 152 Å². The Morgan fingerprint density at radius 3 is 2.44 bits per heavy atom. The van der Waals surface area contributed by atoms with Crippen molar-refractivity contribution >= 4 is 27.7 Å². The van der Waals surface area contributed by atoms with Crippen molar-refractivity contribution in [3.63, 3.8) is 0 Å². The molecule has 7 nitrogen and oxygen atoms in total. The summed E-state index contributed by atoms with van der Waals surface area (Å²) >= 11 is 1.49. The van der Waals surface area contributed by atoms with Crippen LogP contribution in [0, 0.1) is 0 Å². The standard InChI is InChI=1S/C16H25N3O4S2/c17-12-16(7-1-2-8-16)19-15(20)11-24-10-9-23-13-3-5-14(6-4-13)25(18,21)22/h3-6H,1-2,7-12,17H2,(H,19,20)(H2,18,21,22). The molecule has 1 saturated carbocycles. The molecule has 140 valence electrons. The molecule has 0 aliphatic heterocycles.